The van der Waals surface area contributed by atoms with Crippen molar-refractivity contribution >= 4 is 15.7 Å². The van der Waals surface area contributed by atoms with E-state index < -0.39 is 9.84 Å². The van der Waals surface area contributed by atoms with E-state index >= 15 is 0 Å². The first-order valence-corrected chi connectivity index (χ1v) is 10.6. The van der Waals surface area contributed by atoms with Crippen molar-refractivity contribution in [2.75, 3.05) is 26.0 Å². The van der Waals surface area contributed by atoms with Gasteiger partial charge < -0.3 is 15.4 Å². The van der Waals surface area contributed by atoms with E-state index in [1.54, 1.807) is 12.1 Å². The first-order valence-electron chi connectivity index (χ1n) is 8.75. The number of hydrogen-bond donors (Lipinski definition) is 1. The number of carbonyl (C=O) groups excluding carboxylic acids is 1. The van der Waals surface area contributed by atoms with E-state index in [9.17, 15) is 13.2 Å². The minimum atomic E-state index is -3.20. The number of hydrogen-bond acceptors (Lipinski definition) is 5. The van der Waals surface area contributed by atoms with Crippen molar-refractivity contribution in [1.29, 1.82) is 0 Å². The predicted molar refractivity (Wildman–Crippen MR) is 97.2 cm³/mol. The molecule has 1 aromatic rings. The topological polar surface area (TPSA) is 89.7 Å². The molecule has 1 amide bonds. The number of rotatable bonds is 7. The zero-order valence-corrected chi connectivity index (χ0v) is 15.8. The highest BCUT2D eigenvalue weighted by molar-refractivity contribution is 7.90. The summed E-state index contributed by atoms with van der Waals surface area (Å²) in [6.45, 7) is 3.87. The Morgan fingerprint density at radius 1 is 1.32 bits per heavy atom. The molecule has 1 aliphatic heterocycles. The van der Waals surface area contributed by atoms with Crippen LogP contribution in [0.4, 0.5) is 0 Å². The van der Waals surface area contributed by atoms with Gasteiger partial charge in [0.1, 0.15) is 5.75 Å². The van der Waals surface area contributed by atoms with Crippen LogP contribution >= 0.6 is 0 Å². The molecular weight excluding hydrogens is 340 g/mol. The Labute approximate surface area is 150 Å². The Morgan fingerprint density at radius 2 is 2.00 bits per heavy atom. The minimum Gasteiger partial charge on any atom is -0.494 e. The van der Waals surface area contributed by atoms with Gasteiger partial charge in [-0.05, 0) is 49.4 Å². The average Bonchev–Trinajstić information content (AvgIpc) is 2.58. The molecule has 0 saturated carbocycles. The van der Waals surface area contributed by atoms with Crippen LogP contribution in [0.15, 0.2) is 29.2 Å². The number of carbonyl (C=O) groups is 1. The van der Waals surface area contributed by atoms with Crippen molar-refractivity contribution in [3.63, 3.8) is 0 Å². The molecule has 2 atom stereocenters. The number of ether oxygens (including phenoxy) is 1. The number of amides is 1. The molecule has 0 radical (unpaired) electrons. The fourth-order valence-corrected chi connectivity index (χ4v) is 3.89. The van der Waals surface area contributed by atoms with Gasteiger partial charge in [0, 0.05) is 31.8 Å². The minimum absolute atomic E-state index is 0.137. The zero-order chi connectivity index (χ0) is 18.4. The summed E-state index contributed by atoms with van der Waals surface area (Å²) in [5, 5.41) is 0. The predicted octanol–water partition coefficient (Wildman–Crippen LogP) is 1.83. The largest absolute Gasteiger partial charge is 0.494 e. The summed E-state index contributed by atoms with van der Waals surface area (Å²) in [4.78, 5) is 14.6. The van der Waals surface area contributed by atoms with Gasteiger partial charge in [-0.1, -0.05) is 6.92 Å². The van der Waals surface area contributed by atoms with Crippen molar-refractivity contribution in [2.45, 2.75) is 43.5 Å². The standard InChI is InChI=1S/C18H28N2O4S/c1-14-5-3-11-20(17(14)13-19)18(21)6-4-12-24-15-7-9-16(10-8-15)25(2,22)23/h7-10,14,17H,3-6,11-13,19H2,1-2H3/t14-,17-/m1/s1. The van der Waals surface area contributed by atoms with Gasteiger partial charge in [-0.3, -0.25) is 4.79 Å². The number of sulfone groups is 1. The Bertz CT molecular complexity index is 673. The quantitative estimate of drug-likeness (QED) is 0.742. The molecule has 6 nitrogen and oxygen atoms in total. The van der Waals surface area contributed by atoms with Gasteiger partial charge in [-0.25, -0.2) is 8.42 Å². The maximum atomic E-state index is 12.4. The summed E-state index contributed by atoms with van der Waals surface area (Å²) in [5.41, 5.74) is 5.83. The summed E-state index contributed by atoms with van der Waals surface area (Å²) in [6.07, 6.45) is 4.38. The highest BCUT2D eigenvalue weighted by atomic mass is 32.2. The molecule has 1 aliphatic rings. The molecule has 1 saturated heterocycles. The van der Waals surface area contributed by atoms with Gasteiger partial charge >= 0.3 is 0 Å². The number of nitrogens with two attached hydrogens (primary N) is 1. The summed E-state index contributed by atoms with van der Waals surface area (Å²) in [7, 11) is -3.20. The average molecular weight is 368 g/mol. The number of nitrogens with zero attached hydrogens (tertiary/aromatic N) is 1. The SMILES string of the molecule is C[C@@H]1CCCN(C(=O)CCCOc2ccc(S(C)(=O)=O)cc2)[C@@H]1CN. The van der Waals surface area contributed by atoms with Gasteiger partial charge in [-0.2, -0.15) is 0 Å². The Hall–Kier alpha value is -1.60. The molecule has 1 fully saturated rings. The summed E-state index contributed by atoms with van der Waals surface area (Å²) in [6, 6.07) is 6.46. The summed E-state index contributed by atoms with van der Waals surface area (Å²) in [5.74, 6) is 1.19. The van der Waals surface area contributed by atoms with E-state index in [-0.39, 0.29) is 16.8 Å². The lowest BCUT2D eigenvalue weighted by atomic mass is 9.90. The van der Waals surface area contributed by atoms with Crippen LogP contribution in [0.3, 0.4) is 0 Å². The van der Waals surface area contributed by atoms with Crippen molar-refractivity contribution in [2.24, 2.45) is 11.7 Å². The Balaban J connectivity index is 1.78. The molecule has 25 heavy (non-hydrogen) atoms. The van der Waals surface area contributed by atoms with Crippen LogP contribution in [-0.2, 0) is 14.6 Å². The summed E-state index contributed by atoms with van der Waals surface area (Å²) < 4.78 is 28.4. The van der Waals surface area contributed by atoms with E-state index in [0.29, 0.717) is 37.7 Å². The maximum Gasteiger partial charge on any atom is 0.222 e. The van der Waals surface area contributed by atoms with Gasteiger partial charge in [0.25, 0.3) is 0 Å². The van der Waals surface area contributed by atoms with Crippen molar-refractivity contribution < 1.29 is 17.9 Å². The van der Waals surface area contributed by atoms with Crippen LogP contribution in [0.25, 0.3) is 0 Å². The van der Waals surface area contributed by atoms with E-state index in [0.717, 1.165) is 19.4 Å². The van der Waals surface area contributed by atoms with Crippen molar-refractivity contribution in [3.8, 4) is 5.75 Å². The lowest BCUT2D eigenvalue weighted by Gasteiger charge is -2.39. The Kier molecular flexibility index (Phi) is 6.84. The van der Waals surface area contributed by atoms with Crippen LogP contribution < -0.4 is 10.5 Å². The molecule has 0 bridgehead atoms. The third kappa shape index (κ3) is 5.44. The number of benzene rings is 1. The van der Waals surface area contributed by atoms with Gasteiger partial charge in [0.15, 0.2) is 9.84 Å². The fourth-order valence-electron chi connectivity index (χ4n) is 3.26. The second-order valence-electron chi connectivity index (χ2n) is 6.71. The fraction of sp³-hybridized carbons (Fsp3) is 0.611. The summed E-state index contributed by atoms with van der Waals surface area (Å²) >= 11 is 0. The van der Waals surface area contributed by atoms with E-state index in [2.05, 4.69) is 6.92 Å². The van der Waals surface area contributed by atoms with Crippen LogP contribution in [0.5, 0.6) is 5.75 Å². The smallest absolute Gasteiger partial charge is 0.222 e. The lowest BCUT2D eigenvalue weighted by molar-refractivity contribution is -0.136. The molecule has 1 aromatic carbocycles. The van der Waals surface area contributed by atoms with E-state index in [4.69, 9.17) is 10.5 Å². The van der Waals surface area contributed by atoms with Crippen LogP contribution in [0, 0.1) is 5.92 Å². The van der Waals surface area contributed by atoms with Crippen LogP contribution in [-0.4, -0.2) is 51.2 Å². The second-order valence-corrected chi connectivity index (χ2v) is 8.72. The molecule has 140 valence electrons. The monoisotopic (exact) mass is 368 g/mol. The lowest BCUT2D eigenvalue weighted by Crippen LogP contribution is -2.51. The molecule has 7 heteroatoms. The van der Waals surface area contributed by atoms with E-state index in [1.165, 1.54) is 18.4 Å². The third-order valence-corrected chi connectivity index (χ3v) is 5.86. The molecule has 2 N–H and O–H groups in total. The normalized spacial score (nSPS) is 21.2. The third-order valence-electron chi connectivity index (χ3n) is 4.73. The molecular formula is C18H28N2O4S. The highest BCUT2D eigenvalue weighted by Crippen LogP contribution is 2.23. The molecule has 1 heterocycles. The maximum absolute atomic E-state index is 12.4. The molecule has 2 rings (SSSR count). The molecule has 0 spiro atoms. The van der Waals surface area contributed by atoms with Crippen LogP contribution in [0.1, 0.15) is 32.6 Å². The van der Waals surface area contributed by atoms with Crippen molar-refractivity contribution in [3.05, 3.63) is 24.3 Å². The van der Waals surface area contributed by atoms with Crippen LogP contribution in [0.2, 0.25) is 0 Å². The number of piperidine rings is 1. The zero-order valence-electron chi connectivity index (χ0n) is 15.0. The highest BCUT2D eigenvalue weighted by Gasteiger charge is 2.30. The van der Waals surface area contributed by atoms with E-state index in [1.807, 2.05) is 4.90 Å². The van der Waals surface area contributed by atoms with Gasteiger partial charge in [-0.15, -0.1) is 0 Å². The molecule has 0 aliphatic carbocycles. The molecule has 0 aromatic heterocycles. The first kappa shape index (κ1) is 19.7. The van der Waals surface area contributed by atoms with Gasteiger partial charge in [0.05, 0.1) is 11.5 Å². The molecule has 0 unspecified atom stereocenters. The Morgan fingerprint density at radius 3 is 2.60 bits per heavy atom. The van der Waals surface area contributed by atoms with Gasteiger partial charge in [0.2, 0.25) is 5.91 Å². The van der Waals surface area contributed by atoms with Crippen molar-refractivity contribution in [1.82, 2.24) is 4.90 Å². The second kappa shape index (κ2) is 8.67. The number of likely N-dealkylation sites (tertiary alicyclic amines) is 1. The first-order chi connectivity index (χ1) is 11.8.